The molecule has 1 saturated carbocycles. The number of halogens is 1. The maximum absolute atomic E-state index is 15.2. The van der Waals surface area contributed by atoms with Gasteiger partial charge in [-0.25, -0.2) is 9.18 Å². The van der Waals surface area contributed by atoms with Gasteiger partial charge in [0.05, 0.1) is 24.0 Å². The zero-order chi connectivity index (χ0) is 25.2. The summed E-state index contributed by atoms with van der Waals surface area (Å²) < 4.78 is 27.3. The number of aromatic nitrogens is 1. The highest BCUT2D eigenvalue weighted by Crippen LogP contribution is 2.38. The van der Waals surface area contributed by atoms with Crippen LogP contribution < -0.4 is 15.6 Å². The highest BCUT2D eigenvalue weighted by atomic mass is 19.1. The van der Waals surface area contributed by atoms with Gasteiger partial charge < -0.3 is 28.8 Å². The van der Waals surface area contributed by atoms with Gasteiger partial charge in [-0.1, -0.05) is 6.92 Å². The molecule has 0 bridgehead atoms. The molecule has 1 amide bonds. The van der Waals surface area contributed by atoms with Crippen LogP contribution >= 0.6 is 0 Å². The Hall–Kier alpha value is -3.66. The van der Waals surface area contributed by atoms with Gasteiger partial charge in [-0.2, -0.15) is 0 Å². The number of hydrogen-bond acceptors (Lipinski definition) is 7. The number of nitrogens with one attached hydrogen (secondary N) is 1. The Kier molecular flexibility index (Phi) is 6.77. The van der Waals surface area contributed by atoms with Crippen molar-refractivity contribution in [3.8, 4) is 0 Å². The lowest BCUT2D eigenvalue weighted by atomic mass is 10.1. The number of likely N-dealkylation sites (N-methyl/N-ethyl adjacent to an activating group) is 1. The standard InChI is InChI=1S/C26H29FN4O5/c1-2-29-7-9-30(10-8-29)23-13-22-19(12-21(23)27)25(33)20(15-31(22)17-5-6-17)26(34)36-16-24(32)28-14-18-4-3-11-35-18/h3-4,11-13,15,17H,2,5-10,14,16H2,1H3,(H,28,32). The first-order valence-corrected chi connectivity index (χ1v) is 12.3. The molecule has 1 aliphatic heterocycles. The minimum atomic E-state index is -0.912. The second-order valence-corrected chi connectivity index (χ2v) is 9.18. The first kappa shape index (κ1) is 24.1. The third-order valence-electron chi connectivity index (χ3n) is 6.80. The van der Waals surface area contributed by atoms with Crippen molar-refractivity contribution in [2.24, 2.45) is 0 Å². The molecule has 1 N–H and O–H groups in total. The van der Waals surface area contributed by atoms with E-state index in [2.05, 4.69) is 17.1 Å². The van der Waals surface area contributed by atoms with Crippen molar-refractivity contribution < 1.29 is 23.1 Å². The summed E-state index contributed by atoms with van der Waals surface area (Å²) in [6.07, 6.45) is 4.79. The number of ether oxygens (including phenoxy) is 1. The highest BCUT2D eigenvalue weighted by molar-refractivity contribution is 5.95. The maximum atomic E-state index is 15.2. The number of anilines is 1. The Morgan fingerprint density at radius 1 is 1.19 bits per heavy atom. The van der Waals surface area contributed by atoms with E-state index >= 15 is 4.39 Å². The monoisotopic (exact) mass is 496 g/mol. The number of furan rings is 1. The fourth-order valence-electron chi connectivity index (χ4n) is 4.56. The fourth-order valence-corrected chi connectivity index (χ4v) is 4.56. The molecule has 3 aromatic rings. The van der Waals surface area contributed by atoms with Crippen molar-refractivity contribution >= 4 is 28.5 Å². The van der Waals surface area contributed by atoms with Gasteiger partial charge in [0, 0.05) is 43.8 Å². The number of benzene rings is 1. The molecule has 2 fully saturated rings. The predicted octanol–water partition coefficient (Wildman–Crippen LogP) is 2.68. The van der Waals surface area contributed by atoms with Crippen LogP contribution in [-0.2, 0) is 16.1 Å². The molecule has 0 spiro atoms. The largest absolute Gasteiger partial charge is 0.467 e. The number of nitrogens with zero attached hydrogens (tertiary/aromatic N) is 3. The van der Waals surface area contributed by atoms with Crippen LogP contribution in [-0.4, -0.2) is 60.7 Å². The van der Waals surface area contributed by atoms with Crippen LogP contribution in [0.1, 0.15) is 41.9 Å². The highest BCUT2D eigenvalue weighted by Gasteiger charge is 2.29. The lowest BCUT2D eigenvalue weighted by molar-refractivity contribution is -0.124. The van der Waals surface area contributed by atoms with E-state index < -0.39 is 29.7 Å². The molecule has 9 nitrogen and oxygen atoms in total. The van der Waals surface area contributed by atoms with Crippen molar-refractivity contribution in [3.63, 3.8) is 0 Å². The zero-order valence-corrected chi connectivity index (χ0v) is 20.2. The van der Waals surface area contributed by atoms with E-state index in [0.717, 1.165) is 32.5 Å². The molecule has 0 atom stereocenters. The van der Waals surface area contributed by atoms with E-state index in [4.69, 9.17) is 9.15 Å². The van der Waals surface area contributed by atoms with E-state index in [1.54, 1.807) is 18.2 Å². The topological polar surface area (TPSA) is 97.0 Å². The van der Waals surface area contributed by atoms with Gasteiger partial charge in [0.25, 0.3) is 5.91 Å². The summed E-state index contributed by atoms with van der Waals surface area (Å²) in [5.41, 5.74) is 0.251. The summed E-state index contributed by atoms with van der Waals surface area (Å²) in [6.45, 7) is 5.79. The van der Waals surface area contributed by atoms with Crippen LogP contribution in [0.5, 0.6) is 0 Å². The Labute approximate surface area is 207 Å². The number of esters is 1. The van der Waals surface area contributed by atoms with Crippen LogP contribution in [0.2, 0.25) is 0 Å². The number of carbonyl (C=O) groups is 2. The molecule has 190 valence electrons. The number of amides is 1. The first-order valence-electron chi connectivity index (χ1n) is 12.3. The SMILES string of the molecule is CCN1CCN(c2cc3c(cc2F)c(=O)c(C(=O)OCC(=O)NCc2ccco2)cn3C2CC2)CC1. The summed E-state index contributed by atoms with van der Waals surface area (Å²) in [6, 6.07) is 6.49. The smallest absolute Gasteiger partial charge is 0.344 e. The number of rotatable bonds is 8. The lowest BCUT2D eigenvalue weighted by Crippen LogP contribution is -2.46. The molecular weight excluding hydrogens is 467 g/mol. The van der Waals surface area contributed by atoms with Crippen LogP contribution in [0.3, 0.4) is 0 Å². The zero-order valence-electron chi connectivity index (χ0n) is 20.2. The van der Waals surface area contributed by atoms with Crippen molar-refractivity contribution in [1.29, 1.82) is 0 Å². The van der Waals surface area contributed by atoms with Crippen LogP contribution in [0.25, 0.3) is 10.9 Å². The summed E-state index contributed by atoms with van der Waals surface area (Å²) >= 11 is 0. The Balaban J connectivity index is 1.37. The average molecular weight is 497 g/mol. The van der Waals surface area contributed by atoms with Gasteiger partial charge in [0.15, 0.2) is 6.61 Å². The van der Waals surface area contributed by atoms with E-state index in [1.807, 2.05) is 9.47 Å². The van der Waals surface area contributed by atoms with E-state index in [-0.39, 0.29) is 23.5 Å². The van der Waals surface area contributed by atoms with Gasteiger partial charge in [-0.15, -0.1) is 0 Å². The van der Waals surface area contributed by atoms with Gasteiger partial charge in [0.1, 0.15) is 17.1 Å². The lowest BCUT2D eigenvalue weighted by Gasteiger charge is -2.35. The maximum Gasteiger partial charge on any atom is 0.344 e. The fraction of sp³-hybridized carbons (Fsp3) is 0.423. The van der Waals surface area contributed by atoms with Gasteiger partial charge in [0.2, 0.25) is 5.43 Å². The Morgan fingerprint density at radius 3 is 2.64 bits per heavy atom. The van der Waals surface area contributed by atoms with Crippen LogP contribution in [0.15, 0.2) is 45.9 Å². The second-order valence-electron chi connectivity index (χ2n) is 9.18. The third-order valence-corrected chi connectivity index (χ3v) is 6.80. The second kappa shape index (κ2) is 10.1. The quantitative estimate of drug-likeness (QED) is 0.479. The minimum Gasteiger partial charge on any atom is -0.467 e. The van der Waals surface area contributed by atoms with Crippen molar-refractivity contribution in [1.82, 2.24) is 14.8 Å². The van der Waals surface area contributed by atoms with Crippen LogP contribution in [0, 0.1) is 5.82 Å². The summed E-state index contributed by atoms with van der Waals surface area (Å²) in [4.78, 5) is 42.3. The van der Waals surface area contributed by atoms with Crippen molar-refractivity contribution in [3.05, 3.63) is 64.1 Å². The molecule has 0 unspecified atom stereocenters. The molecule has 36 heavy (non-hydrogen) atoms. The Bertz CT molecular complexity index is 1320. The number of hydrogen-bond donors (Lipinski definition) is 1. The number of piperazine rings is 1. The number of carbonyl (C=O) groups excluding carboxylic acids is 2. The van der Waals surface area contributed by atoms with E-state index in [9.17, 15) is 14.4 Å². The van der Waals surface area contributed by atoms with Crippen molar-refractivity contribution in [2.75, 3.05) is 44.2 Å². The summed E-state index contributed by atoms with van der Waals surface area (Å²) in [5, 5.41) is 2.71. The minimum absolute atomic E-state index is 0.131. The molecule has 1 aliphatic carbocycles. The molecule has 2 aromatic heterocycles. The van der Waals surface area contributed by atoms with Gasteiger partial charge in [-0.3, -0.25) is 9.59 Å². The molecule has 1 saturated heterocycles. The first-order chi connectivity index (χ1) is 17.4. The van der Waals surface area contributed by atoms with Crippen molar-refractivity contribution in [2.45, 2.75) is 32.4 Å². The Morgan fingerprint density at radius 2 is 1.97 bits per heavy atom. The molecule has 2 aliphatic rings. The summed E-state index contributed by atoms with van der Waals surface area (Å²) in [7, 11) is 0. The molecule has 1 aromatic carbocycles. The average Bonchev–Trinajstić information content (AvgIpc) is 3.60. The van der Waals surface area contributed by atoms with E-state index in [1.165, 1.54) is 18.5 Å². The number of fused-ring (bicyclic) bond motifs is 1. The molecular formula is C26H29FN4O5. The van der Waals surface area contributed by atoms with E-state index in [0.29, 0.717) is 30.1 Å². The summed E-state index contributed by atoms with van der Waals surface area (Å²) in [5.74, 6) is -1.37. The molecule has 5 rings (SSSR count). The van der Waals surface area contributed by atoms with Gasteiger partial charge in [-0.05, 0) is 43.7 Å². The molecule has 3 heterocycles. The molecule has 0 radical (unpaired) electrons. The molecule has 10 heteroatoms. The van der Waals surface area contributed by atoms with Crippen LogP contribution in [0.4, 0.5) is 10.1 Å². The third kappa shape index (κ3) is 4.99. The number of pyridine rings is 1. The normalized spacial score (nSPS) is 16.3. The van der Waals surface area contributed by atoms with Gasteiger partial charge >= 0.3 is 5.97 Å². The predicted molar refractivity (Wildman–Crippen MR) is 132 cm³/mol.